The summed E-state index contributed by atoms with van der Waals surface area (Å²) in [5, 5.41) is 4.92. The Morgan fingerprint density at radius 2 is 1.88 bits per heavy atom. The first-order chi connectivity index (χ1) is 11.8. The summed E-state index contributed by atoms with van der Waals surface area (Å²) in [4.78, 5) is 15.2. The number of hydrogen-bond donors (Lipinski definition) is 0. The Balaban J connectivity index is 1.83. The maximum absolute atomic E-state index is 13.2. The van der Waals surface area contributed by atoms with Gasteiger partial charge in [-0.1, -0.05) is 31.5 Å². The standard InChI is InChI=1S/C20H25N3O/c1-2-8-17-18(20(24)22-13-6-7-14-22)19(15-11-12-15)21-23(17)16-9-4-3-5-10-16/h3-5,9-10,15H,2,6-8,11-14H2,1H3. The van der Waals surface area contributed by atoms with E-state index in [0.29, 0.717) is 5.92 Å². The highest BCUT2D eigenvalue weighted by Gasteiger charge is 2.36. The third-order valence-electron chi connectivity index (χ3n) is 5.07. The van der Waals surface area contributed by atoms with E-state index in [9.17, 15) is 4.79 Å². The molecule has 1 aromatic carbocycles. The van der Waals surface area contributed by atoms with Crippen LogP contribution in [-0.2, 0) is 6.42 Å². The number of nitrogens with zero attached hydrogens (tertiary/aromatic N) is 3. The van der Waals surface area contributed by atoms with Gasteiger partial charge in [0.1, 0.15) is 0 Å². The van der Waals surface area contributed by atoms with Crippen LogP contribution in [0.5, 0.6) is 0 Å². The van der Waals surface area contributed by atoms with Crippen molar-refractivity contribution in [3.8, 4) is 5.69 Å². The highest BCUT2D eigenvalue weighted by atomic mass is 16.2. The van der Waals surface area contributed by atoms with Crippen LogP contribution in [0, 0.1) is 0 Å². The number of rotatable bonds is 5. The van der Waals surface area contributed by atoms with Crippen molar-refractivity contribution in [1.29, 1.82) is 0 Å². The van der Waals surface area contributed by atoms with E-state index in [2.05, 4.69) is 19.1 Å². The number of likely N-dealkylation sites (tertiary alicyclic amines) is 1. The van der Waals surface area contributed by atoms with Gasteiger partial charge in [-0.2, -0.15) is 5.10 Å². The molecule has 0 unspecified atom stereocenters. The summed E-state index contributed by atoms with van der Waals surface area (Å²) in [6, 6.07) is 10.2. The lowest BCUT2D eigenvalue weighted by Crippen LogP contribution is -2.29. The lowest BCUT2D eigenvalue weighted by atomic mass is 10.0. The minimum atomic E-state index is 0.208. The van der Waals surface area contributed by atoms with Gasteiger partial charge >= 0.3 is 0 Å². The Bertz CT molecular complexity index is 725. The van der Waals surface area contributed by atoms with Crippen LogP contribution in [0.1, 0.15) is 66.7 Å². The van der Waals surface area contributed by atoms with Gasteiger partial charge in [0.05, 0.1) is 22.6 Å². The summed E-state index contributed by atoms with van der Waals surface area (Å²) in [6.07, 6.45) is 6.49. The fourth-order valence-corrected chi connectivity index (χ4v) is 3.68. The van der Waals surface area contributed by atoms with E-state index >= 15 is 0 Å². The third-order valence-corrected chi connectivity index (χ3v) is 5.07. The summed E-state index contributed by atoms with van der Waals surface area (Å²) in [5.41, 5.74) is 4.11. The predicted molar refractivity (Wildman–Crippen MR) is 94.7 cm³/mol. The fourth-order valence-electron chi connectivity index (χ4n) is 3.68. The van der Waals surface area contributed by atoms with Crippen molar-refractivity contribution >= 4 is 5.91 Å². The van der Waals surface area contributed by atoms with Gasteiger partial charge in [-0.3, -0.25) is 4.79 Å². The molecule has 2 aliphatic rings. The first-order valence-corrected chi connectivity index (χ1v) is 9.26. The molecule has 0 spiro atoms. The van der Waals surface area contributed by atoms with E-state index in [4.69, 9.17) is 5.10 Å². The van der Waals surface area contributed by atoms with E-state index in [0.717, 1.165) is 74.3 Å². The molecule has 4 rings (SSSR count). The van der Waals surface area contributed by atoms with Gasteiger partial charge in [-0.15, -0.1) is 0 Å². The van der Waals surface area contributed by atoms with E-state index in [-0.39, 0.29) is 5.91 Å². The van der Waals surface area contributed by atoms with Gasteiger partial charge in [0.25, 0.3) is 5.91 Å². The molecule has 1 amide bonds. The first kappa shape index (κ1) is 15.4. The van der Waals surface area contributed by atoms with E-state index in [1.807, 2.05) is 27.8 Å². The van der Waals surface area contributed by atoms with Crippen LogP contribution in [0.3, 0.4) is 0 Å². The highest BCUT2D eigenvalue weighted by Crippen LogP contribution is 2.42. The third kappa shape index (κ3) is 2.74. The van der Waals surface area contributed by atoms with E-state index in [1.165, 1.54) is 0 Å². The molecular weight excluding hydrogens is 298 g/mol. The van der Waals surface area contributed by atoms with Crippen molar-refractivity contribution in [2.45, 2.75) is 51.4 Å². The summed E-state index contributed by atoms with van der Waals surface area (Å²) < 4.78 is 2.03. The number of benzene rings is 1. The number of amides is 1. The molecule has 1 aromatic heterocycles. The van der Waals surface area contributed by atoms with Crippen molar-refractivity contribution in [2.75, 3.05) is 13.1 Å². The highest BCUT2D eigenvalue weighted by molar-refractivity contribution is 5.97. The summed E-state index contributed by atoms with van der Waals surface area (Å²) in [5.74, 6) is 0.687. The summed E-state index contributed by atoms with van der Waals surface area (Å²) in [6.45, 7) is 3.96. The molecule has 126 valence electrons. The Morgan fingerprint density at radius 1 is 1.17 bits per heavy atom. The van der Waals surface area contributed by atoms with Crippen LogP contribution in [0.25, 0.3) is 5.69 Å². The molecule has 2 fully saturated rings. The smallest absolute Gasteiger partial charge is 0.257 e. The van der Waals surface area contributed by atoms with Crippen LogP contribution >= 0.6 is 0 Å². The van der Waals surface area contributed by atoms with Crippen molar-refractivity contribution in [1.82, 2.24) is 14.7 Å². The number of para-hydroxylation sites is 1. The van der Waals surface area contributed by atoms with Crippen LogP contribution in [-0.4, -0.2) is 33.7 Å². The normalized spacial score (nSPS) is 17.5. The molecule has 4 nitrogen and oxygen atoms in total. The second kappa shape index (κ2) is 6.42. The van der Waals surface area contributed by atoms with Gasteiger partial charge < -0.3 is 4.90 Å². The molecule has 1 saturated carbocycles. The Kier molecular flexibility index (Phi) is 4.13. The summed E-state index contributed by atoms with van der Waals surface area (Å²) >= 11 is 0. The SMILES string of the molecule is CCCc1c(C(=O)N2CCCC2)c(C2CC2)nn1-c1ccccc1. The predicted octanol–water partition coefficient (Wildman–Crippen LogP) is 3.94. The zero-order valence-corrected chi connectivity index (χ0v) is 14.4. The minimum Gasteiger partial charge on any atom is -0.339 e. The van der Waals surface area contributed by atoms with Gasteiger partial charge in [0.15, 0.2) is 0 Å². The quantitative estimate of drug-likeness (QED) is 0.836. The molecule has 1 aliphatic heterocycles. The first-order valence-electron chi connectivity index (χ1n) is 9.26. The largest absolute Gasteiger partial charge is 0.339 e. The number of hydrogen-bond acceptors (Lipinski definition) is 2. The van der Waals surface area contributed by atoms with Gasteiger partial charge in [-0.25, -0.2) is 4.68 Å². The maximum atomic E-state index is 13.2. The Morgan fingerprint density at radius 3 is 2.50 bits per heavy atom. The van der Waals surface area contributed by atoms with Crippen LogP contribution < -0.4 is 0 Å². The lowest BCUT2D eigenvalue weighted by molar-refractivity contribution is 0.0790. The minimum absolute atomic E-state index is 0.208. The molecule has 0 atom stereocenters. The van der Waals surface area contributed by atoms with Crippen LogP contribution in [0.2, 0.25) is 0 Å². The van der Waals surface area contributed by atoms with Gasteiger partial charge in [0.2, 0.25) is 0 Å². The molecular formula is C20H25N3O. The molecule has 24 heavy (non-hydrogen) atoms. The Hall–Kier alpha value is -2.10. The molecule has 0 bridgehead atoms. The van der Waals surface area contributed by atoms with Gasteiger partial charge in [-0.05, 0) is 44.2 Å². The van der Waals surface area contributed by atoms with Crippen LogP contribution in [0.4, 0.5) is 0 Å². The van der Waals surface area contributed by atoms with Crippen molar-refractivity contribution in [3.63, 3.8) is 0 Å². The average Bonchev–Trinajstić information content (AvgIpc) is 3.18. The average molecular weight is 323 g/mol. The molecule has 4 heteroatoms. The second-order valence-electron chi connectivity index (χ2n) is 6.98. The summed E-state index contributed by atoms with van der Waals surface area (Å²) in [7, 11) is 0. The zero-order valence-electron chi connectivity index (χ0n) is 14.4. The maximum Gasteiger partial charge on any atom is 0.257 e. The zero-order chi connectivity index (χ0) is 16.5. The van der Waals surface area contributed by atoms with Crippen LogP contribution in [0.15, 0.2) is 30.3 Å². The molecule has 1 saturated heterocycles. The van der Waals surface area contributed by atoms with Crippen molar-refractivity contribution in [3.05, 3.63) is 47.3 Å². The molecule has 0 N–H and O–H groups in total. The second-order valence-corrected chi connectivity index (χ2v) is 6.98. The molecule has 2 aromatic rings. The molecule has 2 heterocycles. The topological polar surface area (TPSA) is 38.1 Å². The number of carbonyl (C=O) groups is 1. The fraction of sp³-hybridized carbons (Fsp3) is 0.500. The monoisotopic (exact) mass is 323 g/mol. The van der Waals surface area contributed by atoms with Crippen molar-refractivity contribution < 1.29 is 4.79 Å². The lowest BCUT2D eigenvalue weighted by Gasteiger charge is -2.17. The number of carbonyl (C=O) groups excluding carboxylic acids is 1. The molecule has 1 aliphatic carbocycles. The van der Waals surface area contributed by atoms with E-state index < -0.39 is 0 Å². The Labute approximate surface area is 143 Å². The number of aromatic nitrogens is 2. The van der Waals surface area contributed by atoms with Crippen molar-refractivity contribution in [2.24, 2.45) is 0 Å². The molecule has 0 radical (unpaired) electrons. The van der Waals surface area contributed by atoms with E-state index in [1.54, 1.807) is 0 Å². The van der Waals surface area contributed by atoms with Gasteiger partial charge in [0, 0.05) is 19.0 Å².